The first-order chi connectivity index (χ1) is 11.5. The van der Waals surface area contributed by atoms with E-state index < -0.39 is 23.5 Å². The third-order valence-electron chi connectivity index (χ3n) is 3.09. The molecule has 0 bridgehead atoms. The van der Waals surface area contributed by atoms with E-state index in [-0.39, 0.29) is 18.0 Å². The van der Waals surface area contributed by atoms with Crippen LogP contribution in [0.1, 0.15) is 5.56 Å². The largest absolute Gasteiger partial charge is 0.444 e. The van der Waals surface area contributed by atoms with Crippen LogP contribution in [0.4, 0.5) is 16.2 Å². The van der Waals surface area contributed by atoms with Gasteiger partial charge in [-0.15, -0.1) is 0 Å². The Labute approximate surface area is 137 Å². The average Bonchev–Trinajstić information content (AvgIpc) is 2.58. The van der Waals surface area contributed by atoms with Crippen LogP contribution in [0.25, 0.3) is 0 Å². The van der Waals surface area contributed by atoms with E-state index in [1.807, 2.05) is 6.07 Å². The maximum atomic E-state index is 12.3. The van der Waals surface area contributed by atoms with E-state index >= 15 is 0 Å². The van der Waals surface area contributed by atoms with Crippen LogP contribution in [-0.2, 0) is 16.1 Å². The minimum absolute atomic E-state index is 0.00383. The van der Waals surface area contributed by atoms with Gasteiger partial charge >= 0.3 is 6.09 Å². The summed E-state index contributed by atoms with van der Waals surface area (Å²) in [6.07, 6.45) is -0.821. The summed E-state index contributed by atoms with van der Waals surface area (Å²) < 4.78 is 5.16. The first kappa shape index (κ1) is 16.9. The fourth-order valence-corrected chi connectivity index (χ4v) is 1.99. The molecule has 0 heterocycles. The molecule has 24 heavy (non-hydrogen) atoms. The van der Waals surface area contributed by atoms with Gasteiger partial charge in [0, 0.05) is 12.1 Å². The summed E-state index contributed by atoms with van der Waals surface area (Å²) >= 11 is 0. The predicted octanol–water partition coefficient (Wildman–Crippen LogP) is 2.22. The average molecular weight is 329 g/mol. The summed E-state index contributed by atoms with van der Waals surface area (Å²) in [6, 6.07) is 14.3. The van der Waals surface area contributed by atoms with E-state index in [2.05, 4.69) is 0 Å². The van der Waals surface area contributed by atoms with Crippen molar-refractivity contribution in [1.29, 1.82) is 0 Å². The van der Waals surface area contributed by atoms with Crippen LogP contribution in [0.15, 0.2) is 54.6 Å². The molecule has 0 unspecified atom stereocenters. The second-order valence-corrected chi connectivity index (χ2v) is 4.87. The van der Waals surface area contributed by atoms with Crippen molar-refractivity contribution in [2.24, 2.45) is 5.73 Å². The Bertz CT molecular complexity index is 748. The molecule has 0 saturated carbocycles. The topological polar surface area (TPSA) is 116 Å². The molecule has 2 rings (SSSR count). The molecular weight excluding hydrogens is 314 g/mol. The second-order valence-electron chi connectivity index (χ2n) is 4.87. The number of anilines is 1. The number of rotatable bonds is 6. The summed E-state index contributed by atoms with van der Waals surface area (Å²) in [5.41, 5.74) is 5.86. The molecule has 0 aliphatic rings. The van der Waals surface area contributed by atoms with Crippen LogP contribution < -0.4 is 10.6 Å². The Morgan fingerprint density at radius 2 is 1.83 bits per heavy atom. The smallest absolute Gasteiger partial charge is 0.415 e. The van der Waals surface area contributed by atoms with Gasteiger partial charge in [-0.2, -0.15) is 0 Å². The van der Waals surface area contributed by atoms with Gasteiger partial charge in [-0.1, -0.05) is 36.4 Å². The van der Waals surface area contributed by atoms with Gasteiger partial charge in [0.1, 0.15) is 13.2 Å². The van der Waals surface area contributed by atoms with Crippen LogP contribution in [0.3, 0.4) is 0 Å². The zero-order chi connectivity index (χ0) is 17.5. The molecule has 0 atom stereocenters. The van der Waals surface area contributed by atoms with E-state index in [1.54, 1.807) is 24.3 Å². The summed E-state index contributed by atoms with van der Waals surface area (Å²) in [6.45, 7) is -0.446. The van der Waals surface area contributed by atoms with Gasteiger partial charge in [-0.25, -0.2) is 4.79 Å². The lowest BCUT2D eigenvalue weighted by Gasteiger charge is -2.20. The molecule has 2 amide bonds. The van der Waals surface area contributed by atoms with Gasteiger partial charge in [-0.05, 0) is 11.6 Å². The number of nitrogens with two attached hydrogens (primary N) is 1. The Kier molecular flexibility index (Phi) is 5.45. The zero-order valence-corrected chi connectivity index (χ0v) is 12.6. The first-order valence-electron chi connectivity index (χ1n) is 6.98. The number of hydrogen-bond acceptors (Lipinski definition) is 5. The van der Waals surface area contributed by atoms with Crippen LogP contribution in [0, 0.1) is 10.1 Å². The maximum absolute atomic E-state index is 12.3. The van der Waals surface area contributed by atoms with Gasteiger partial charge in [0.15, 0.2) is 0 Å². The molecule has 0 fully saturated rings. The van der Waals surface area contributed by atoms with Gasteiger partial charge < -0.3 is 10.5 Å². The fraction of sp³-hybridized carbons (Fsp3) is 0.125. The molecular formula is C16H15N3O5. The molecule has 0 aromatic heterocycles. The van der Waals surface area contributed by atoms with Crippen LogP contribution in [0.2, 0.25) is 0 Å². The highest BCUT2D eigenvalue weighted by molar-refractivity contribution is 5.94. The number of benzene rings is 2. The zero-order valence-electron chi connectivity index (χ0n) is 12.6. The molecule has 2 aromatic carbocycles. The number of nitrogens with zero attached hydrogens (tertiary/aromatic N) is 2. The molecule has 0 spiro atoms. The standard InChI is InChI=1S/C16H15N3O5/c17-15(20)10-18(13-7-4-8-14(9-13)19(22)23)16(21)24-11-12-5-2-1-3-6-12/h1-9H,10-11H2,(H2,17,20). The van der Waals surface area contributed by atoms with Crippen LogP contribution >= 0.6 is 0 Å². The molecule has 2 aromatic rings. The van der Waals surface area contributed by atoms with Crippen molar-refractivity contribution >= 4 is 23.4 Å². The molecule has 0 aliphatic heterocycles. The van der Waals surface area contributed by atoms with E-state index in [0.29, 0.717) is 0 Å². The van der Waals surface area contributed by atoms with Crippen molar-refractivity contribution in [3.05, 3.63) is 70.3 Å². The maximum Gasteiger partial charge on any atom is 0.415 e. The Morgan fingerprint density at radius 3 is 2.46 bits per heavy atom. The lowest BCUT2D eigenvalue weighted by atomic mass is 10.2. The second kappa shape index (κ2) is 7.73. The lowest BCUT2D eigenvalue weighted by molar-refractivity contribution is -0.384. The van der Waals surface area contributed by atoms with E-state index in [9.17, 15) is 19.7 Å². The highest BCUT2D eigenvalue weighted by atomic mass is 16.6. The Balaban J connectivity index is 2.18. The summed E-state index contributed by atoms with van der Waals surface area (Å²) in [7, 11) is 0. The number of primary amides is 1. The Morgan fingerprint density at radius 1 is 1.12 bits per heavy atom. The normalized spacial score (nSPS) is 10.0. The summed E-state index contributed by atoms with van der Waals surface area (Å²) in [5, 5.41) is 10.9. The number of carbonyl (C=O) groups is 2. The molecule has 124 valence electrons. The van der Waals surface area contributed by atoms with Crippen molar-refractivity contribution in [3.63, 3.8) is 0 Å². The first-order valence-corrected chi connectivity index (χ1v) is 6.98. The molecule has 0 radical (unpaired) electrons. The minimum Gasteiger partial charge on any atom is -0.444 e. The summed E-state index contributed by atoms with van der Waals surface area (Å²) in [5.74, 6) is -0.766. The molecule has 2 N–H and O–H groups in total. The number of hydrogen-bond donors (Lipinski definition) is 1. The van der Waals surface area contributed by atoms with E-state index in [4.69, 9.17) is 10.5 Å². The third-order valence-corrected chi connectivity index (χ3v) is 3.09. The van der Waals surface area contributed by atoms with Crippen molar-refractivity contribution in [1.82, 2.24) is 0 Å². The van der Waals surface area contributed by atoms with Crippen molar-refractivity contribution in [2.45, 2.75) is 6.61 Å². The van der Waals surface area contributed by atoms with Gasteiger partial charge in [0.2, 0.25) is 5.91 Å². The van der Waals surface area contributed by atoms with E-state index in [0.717, 1.165) is 10.5 Å². The molecule has 0 aliphatic carbocycles. The number of carbonyl (C=O) groups excluding carboxylic acids is 2. The predicted molar refractivity (Wildman–Crippen MR) is 86.3 cm³/mol. The van der Waals surface area contributed by atoms with Crippen molar-refractivity contribution in [3.8, 4) is 0 Å². The van der Waals surface area contributed by atoms with Gasteiger partial charge in [-0.3, -0.25) is 19.8 Å². The fourth-order valence-electron chi connectivity index (χ4n) is 1.99. The van der Waals surface area contributed by atoms with Crippen LogP contribution in [-0.4, -0.2) is 23.5 Å². The van der Waals surface area contributed by atoms with Crippen LogP contribution in [0.5, 0.6) is 0 Å². The van der Waals surface area contributed by atoms with Crippen molar-refractivity contribution in [2.75, 3.05) is 11.4 Å². The van der Waals surface area contributed by atoms with Gasteiger partial charge in [0.25, 0.3) is 5.69 Å². The molecule has 0 saturated heterocycles. The number of nitro groups is 1. The highest BCUT2D eigenvalue weighted by Gasteiger charge is 2.21. The van der Waals surface area contributed by atoms with E-state index in [1.165, 1.54) is 24.3 Å². The molecule has 8 nitrogen and oxygen atoms in total. The Hall–Kier alpha value is -3.42. The monoisotopic (exact) mass is 329 g/mol. The minimum atomic E-state index is -0.821. The number of non-ortho nitro benzene ring substituents is 1. The summed E-state index contributed by atoms with van der Waals surface area (Å²) in [4.78, 5) is 34.7. The van der Waals surface area contributed by atoms with Gasteiger partial charge in [0.05, 0.1) is 10.6 Å². The SMILES string of the molecule is NC(=O)CN(C(=O)OCc1ccccc1)c1cccc([N+](=O)[O-])c1. The quantitative estimate of drug-likeness (QED) is 0.644. The number of amides is 2. The third kappa shape index (κ3) is 4.54. The molecule has 8 heteroatoms. The number of nitro benzene ring substituents is 1. The lowest BCUT2D eigenvalue weighted by Crippen LogP contribution is -2.38. The number of ether oxygens (including phenoxy) is 1. The highest BCUT2D eigenvalue weighted by Crippen LogP contribution is 2.22. The van der Waals surface area contributed by atoms with Crippen molar-refractivity contribution < 1.29 is 19.2 Å².